The molecule has 2 amide bonds. The van der Waals surface area contributed by atoms with Gasteiger partial charge < -0.3 is 15.0 Å². The van der Waals surface area contributed by atoms with Crippen molar-refractivity contribution in [2.75, 3.05) is 13.2 Å². The number of rotatable bonds is 10. The first-order valence-electron chi connectivity index (χ1n) is 9.72. The average Bonchev–Trinajstić information content (AvgIpc) is 2.72. The Morgan fingerprint density at radius 3 is 2.67 bits per heavy atom. The van der Waals surface area contributed by atoms with E-state index in [9.17, 15) is 14.0 Å². The third-order valence-electron chi connectivity index (χ3n) is 4.54. The molecule has 0 aliphatic carbocycles. The molecule has 30 heavy (non-hydrogen) atoms. The summed E-state index contributed by atoms with van der Waals surface area (Å²) >= 11 is 9.44. The number of halogens is 3. The van der Waals surface area contributed by atoms with Crippen LogP contribution < -0.4 is 10.1 Å². The maximum absolute atomic E-state index is 14.2. The highest BCUT2D eigenvalue weighted by Gasteiger charge is 2.27. The van der Waals surface area contributed by atoms with Crippen molar-refractivity contribution in [3.05, 3.63) is 63.3 Å². The standard InChI is InChI=1S/C22H25BrClFN2O3/c1-3-4-11-26-22(29)15(2)27(13-16-7-5-6-8-19(16)25)21(28)14-30-20-10-9-17(23)12-18(20)24/h5-10,12,15H,3-4,11,13-14H2,1-2H3,(H,26,29). The lowest BCUT2D eigenvalue weighted by Crippen LogP contribution is -2.49. The molecule has 0 radical (unpaired) electrons. The van der Waals surface area contributed by atoms with Gasteiger partial charge in [-0.25, -0.2) is 4.39 Å². The maximum Gasteiger partial charge on any atom is 0.261 e. The number of carbonyl (C=O) groups is 2. The zero-order valence-corrected chi connectivity index (χ0v) is 19.3. The molecule has 5 nitrogen and oxygen atoms in total. The number of amides is 2. The average molecular weight is 500 g/mol. The number of ether oxygens (including phenoxy) is 1. The van der Waals surface area contributed by atoms with E-state index in [1.807, 2.05) is 6.92 Å². The molecule has 0 aliphatic rings. The Balaban J connectivity index is 2.15. The van der Waals surface area contributed by atoms with E-state index in [4.69, 9.17) is 16.3 Å². The number of benzene rings is 2. The van der Waals surface area contributed by atoms with Gasteiger partial charge in [-0.15, -0.1) is 0 Å². The summed E-state index contributed by atoms with van der Waals surface area (Å²) in [6.45, 7) is 3.78. The number of hydrogen-bond acceptors (Lipinski definition) is 3. The number of nitrogens with zero attached hydrogens (tertiary/aromatic N) is 1. The van der Waals surface area contributed by atoms with Gasteiger partial charge in [0.1, 0.15) is 17.6 Å². The molecule has 0 aromatic heterocycles. The summed E-state index contributed by atoms with van der Waals surface area (Å²) in [7, 11) is 0. The highest BCUT2D eigenvalue weighted by Crippen LogP contribution is 2.27. The molecule has 2 aromatic carbocycles. The lowest BCUT2D eigenvalue weighted by molar-refractivity contribution is -0.142. The van der Waals surface area contributed by atoms with E-state index < -0.39 is 17.8 Å². The fourth-order valence-corrected chi connectivity index (χ4v) is 3.47. The van der Waals surface area contributed by atoms with Crippen molar-refractivity contribution in [3.8, 4) is 5.75 Å². The second-order valence-electron chi connectivity index (χ2n) is 6.80. The fraction of sp³-hybridized carbons (Fsp3) is 0.364. The van der Waals surface area contributed by atoms with E-state index in [-0.39, 0.29) is 19.1 Å². The van der Waals surface area contributed by atoms with Crippen LogP contribution in [0, 0.1) is 5.82 Å². The van der Waals surface area contributed by atoms with Crippen LogP contribution >= 0.6 is 27.5 Å². The van der Waals surface area contributed by atoms with Crippen LogP contribution in [0.2, 0.25) is 5.02 Å². The Hall–Kier alpha value is -2.12. The number of carbonyl (C=O) groups excluding carboxylic acids is 2. The lowest BCUT2D eigenvalue weighted by atomic mass is 10.1. The molecule has 0 bridgehead atoms. The van der Waals surface area contributed by atoms with Crippen molar-refractivity contribution in [3.63, 3.8) is 0 Å². The van der Waals surface area contributed by atoms with Crippen molar-refractivity contribution in [2.24, 2.45) is 0 Å². The number of unbranched alkanes of at least 4 members (excludes halogenated alkanes) is 1. The SMILES string of the molecule is CCCCNC(=O)C(C)N(Cc1ccccc1F)C(=O)COc1ccc(Br)cc1Cl. The topological polar surface area (TPSA) is 58.6 Å². The van der Waals surface area contributed by atoms with E-state index in [0.717, 1.165) is 17.3 Å². The minimum Gasteiger partial charge on any atom is -0.482 e. The number of nitrogens with one attached hydrogen (secondary N) is 1. The monoisotopic (exact) mass is 498 g/mol. The van der Waals surface area contributed by atoms with Crippen molar-refractivity contribution in [1.82, 2.24) is 10.2 Å². The molecule has 2 rings (SSSR count). The van der Waals surface area contributed by atoms with Crippen molar-refractivity contribution < 1.29 is 18.7 Å². The van der Waals surface area contributed by atoms with Crippen molar-refractivity contribution >= 4 is 39.3 Å². The first-order valence-corrected chi connectivity index (χ1v) is 10.9. The number of hydrogen-bond donors (Lipinski definition) is 1. The van der Waals surface area contributed by atoms with Gasteiger partial charge in [-0.3, -0.25) is 9.59 Å². The van der Waals surface area contributed by atoms with E-state index in [0.29, 0.717) is 22.9 Å². The minimum absolute atomic E-state index is 0.0503. The zero-order chi connectivity index (χ0) is 22.1. The van der Waals surface area contributed by atoms with E-state index in [2.05, 4.69) is 21.2 Å². The van der Waals surface area contributed by atoms with Crippen LogP contribution in [0.3, 0.4) is 0 Å². The molecule has 0 saturated carbocycles. The molecule has 0 spiro atoms. The molecular formula is C22H25BrClFN2O3. The maximum atomic E-state index is 14.2. The molecule has 1 atom stereocenters. The molecule has 2 aromatic rings. The van der Waals surface area contributed by atoms with Gasteiger partial charge in [0.2, 0.25) is 5.91 Å². The van der Waals surface area contributed by atoms with E-state index in [1.54, 1.807) is 43.3 Å². The molecule has 1 N–H and O–H groups in total. The van der Waals surface area contributed by atoms with Gasteiger partial charge in [-0.05, 0) is 37.6 Å². The molecule has 162 valence electrons. The van der Waals surface area contributed by atoms with Crippen LogP contribution in [-0.2, 0) is 16.1 Å². The zero-order valence-electron chi connectivity index (χ0n) is 17.0. The minimum atomic E-state index is -0.794. The van der Waals surface area contributed by atoms with Gasteiger partial charge in [0.25, 0.3) is 5.91 Å². The third-order valence-corrected chi connectivity index (χ3v) is 5.33. The molecule has 8 heteroatoms. The highest BCUT2D eigenvalue weighted by molar-refractivity contribution is 9.10. The Morgan fingerprint density at radius 2 is 2.00 bits per heavy atom. The van der Waals surface area contributed by atoms with Crippen LogP contribution in [-0.4, -0.2) is 35.9 Å². The van der Waals surface area contributed by atoms with E-state index in [1.165, 1.54) is 11.0 Å². The second kappa shape index (κ2) is 11.9. The van der Waals surface area contributed by atoms with Crippen LogP contribution in [0.25, 0.3) is 0 Å². The summed E-state index contributed by atoms with van der Waals surface area (Å²) in [5.41, 5.74) is 0.320. The summed E-state index contributed by atoms with van der Waals surface area (Å²) < 4.78 is 20.5. The lowest BCUT2D eigenvalue weighted by Gasteiger charge is -2.29. The van der Waals surface area contributed by atoms with Gasteiger partial charge in [0.15, 0.2) is 6.61 Å². The van der Waals surface area contributed by atoms with Crippen molar-refractivity contribution in [2.45, 2.75) is 39.3 Å². The van der Waals surface area contributed by atoms with Crippen LogP contribution in [0.1, 0.15) is 32.3 Å². The molecule has 0 heterocycles. The predicted octanol–water partition coefficient (Wildman–Crippen LogP) is 4.95. The summed E-state index contributed by atoms with van der Waals surface area (Å²) in [5, 5.41) is 3.16. The van der Waals surface area contributed by atoms with Crippen LogP contribution in [0.5, 0.6) is 5.75 Å². The molecule has 1 unspecified atom stereocenters. The highest BCUT2D eigenvalue weighted by atomic mass is 79.9. The Kier molecular flexibility index (Phi) is 9.59. The van der Waals surface area contributed by atoms with E-state index >= 15 is 0 Å². The molecule has 0 fully saturated rings. The quantitative estimate of drug-likeness (QED) is 0.470. The summed E-state index contributed by atoms with van der Waals surface area (Å²) in [6, 6.07) is 10.4. The second-order valence-corrected chi connectivity index (χ2v) is 8.12. The Labute approximate surface area is 189 Å². The van der Waals surface area contributed by atoms with Gasteiger partial charge in [-0.1, -0.05) is 59.1 Å². The van der Waals surface area contributed by atoms with Gasteiger partial charge >= 0.3 is 0 Å². The largest absolute Gasteiger partial charge is 0.482 e. The van der Waals surface area contributed by atoms with Gasteiger partial charge in [0, 0.05) is 23.1 Å². The van der Waals surface area contributed by atoms with Gasteiger partial charge in [0.05, 0.1) is 5.02 Å². The summed E-state index contributed by atoms with van der Waals surface area (Å²) in [5.74, 6) is -0.838. The van der Waals surface area contributed by atoms with Crippen LogP contribution in [0.4, 0.5) is 4.39 Å². The van der Waals surface area contributed by atoms with Gasteiger partial charge in [-0.2, -0.15) is 0 Å². The summed E-state index contributed by atoms with van der Waals surface area (Å²) in [6.07, 6.45) is 1.78. The molecular weight excluding hydrogens is 475 g/mol. The third kappa shape index (κ3) is 6.99. The first-order chi connectivity index (χ1) is 14.3. The van der Waals surface area contributed by atoms with Crippen molar-refractivity contribution in [1.29, 1.82) is 0 Å². The fourth-order valence-electron chi connectivity index (χ4n) is 2.74. The smallest absolute Gasteiger partial charge is 0.261 e. The predicted molar refractivity (Wildman–Crippen MR) is 119 cm³/mol. The Bertz CT molecular complexity index is 881. The first kappa shape index (κ1) is 24.2. The normalized spacial score (nSPS) is 11.6. The summed E-state index contributed by atoms with van der Waals surface area (Å²) in [4.78, 5) is 26.8. The van der Waals surface area contributed by atoms with Crippen LogP contribution in [0.15, 0.2) is 46.9 Å². The molecule has 0 saturated heterocycles. The molecule has 0 aliphatic heterocycles. The Morgan fingerprint density at radius 1 is 1.27 bits per heavy atom.